The van der Waals surface area contributed by atoms with Crippen LogP contribution in [0.5, 0.6) is 0 Å². The normalized spacial score (nSPS) is 11.3. The summed E-state index contributed by atoms with van der Waals surface area (Å²) in [7, 11) is 0. The van der Waals surface area contributed by atoms with Gasteiger partial charge >= 0.3 is 353 Å². The first-order chi connectivity index (χ1) is 38.5. The van der Waals surface area contributed by atoms with Crippen molar-refractivity contribution in [2.75, 3.05) is 0 Å². The van der Waals surface area contributed by atoms with Crippen LogP contribution >= 0.6 is 0 Å². The van der Waals surface area contributed by atoms with Crippen LogP contribution in [0.3, 0.4) is 0 Å². The number of benzene rings is 11. The van der Waals surface area contributed by atoms with Gasteiger partial charge in [0.1, 0.15) is 0 Å². The fraction of sp³-hybridized carbons (Fsp3) is 0. The van der Waals surface area contributed by atoms with Gasteiger partial charge in [0.2, 0.25) is 0 Å². The van der Waals surface area contributed by atoms with Gasteiger partial charge in [-0.2, -0.15) is 10.5 Å². The molecule has 0 saturated heterocycles. The summed E-state index contributed by atoms with van der Waals surface area (Å²) in [6.45, 7) is 0. The van der Waals surface area contributed by atoms with Crippen molar-refractivity contribution < 1.29 is 0 Å². The van der Waals surface area contributed by atoms with E-state index in [1.807, 2.05) is 109 Å². The number of nitriles is 2. The molecule has 78 heavy (non-hydrogen) atoms. The second-order valence-electron chi connectivity index (χ2n) is 19.4. The molecule has 0 amide bonds. The Labute approximate surface area is 455 Å². The van der Waals surface area contributed by atoms with Gasteiger partial charge in [-0.1, -0.05) is 36.4 Å². The van der Waals surface area contributed by atoms with Crippen LogP contribution in [-0.4, -0.2) is 32.8 Å². The molecule has 0 bridgehead atoms. The quantitative estimate of drug-likeness (QED) is 0.120. The molecule has 6 nitrogen and oxygen atoms in total. The molecule has 0 fully saturated rings. The van der Waals surface area contributed by atoms with E-state index < -0.39 is 13.3 Å². The number of nitrogens with zero attached hydrogens (tertiary/aromatic N) is 6. The summed E-state index contributed by atoms with van der Waals surface area (Å²) in [6.07, 6.45) is 0. The third-order valence-electron chi connectivity index (χ3n) is 14.8. The van der Waals surface area contributed by atoms with Crippen molar-refractivity contribution in [3.63, 3.8) is 0 Å². The van der Waals surface area contributed by atoms with E-state index in [0.29, 0.717) is 28.6 Å². The summed E-state index contributed by atoms with van der Waals surface area (Å²) in [5.41, 5.74) is 12.6. The Morgan fingerprint density at radius 1 is 0.295 bits per heavy atom. The summed E-state index contributed by atoms with van der Waals surface area (Å²) in [6, 6.07) is 103. The van der Waals surface area contributed by atoms with E-state index in [1.165, 1.54) is 17.6 Å². The maximum absolute atomic E-state index is 9.91. The molecule has 0 aliphatic rings. The molecule has 364 valence electrons. The molecule has 7 heteroatoms. The summed E-state index contributed by atoms with van der Waals surface area (Å²) in [5.74, 6) is 1.67. The minimum Gasteiger partial charge on any atom is -0.0365 e. The molecule has 11 aromatic carbocycles. The van der Waals surface area contributed by atoms with Crippen LogP contribution < -0.4 is 17.6 Å². The third kappa shape index (κ3) is 8.63. The van der Waals surface area contributed by atoms with E-state index in [-0.39, 0.29) is 0 Å². The molecule has 0 saturated carbocycles. The largest absolute Gasteiger partial charge is 0.0365 e. The Kier molecular flexibility index (Phi) is 12.5. The van der Waals surface area contributed by atoms with Gasteiger partial charge in [0, 0.05) is 0 Å². The second-order valence-corrected chi connectivity index (χ2v) is 27.4. The van der Waals surface area contributed by atoms with Gasteiger partial charge < -0.3 is 0 Å². The van der Waals surface area contributed by atoms with Crippen molar-refractivity contribution in [1.29, 1.82) is 10.5 Å². The zero-order valence-corrected chi connectivity index (χ0v) is 44.3. The Balaban J connectivity index is 1.09. The van der Waals surface area contributed by atoms with E-state index in [1.54, 1.807) is 0 Å². The number of aromatic nitrogens is 4. The Bertz CT molecular complexity index is 4180. The van der Waals surface area contributed by atoms with E-state index in [2.05, 4.69) is 187 Å². The first-order valence-electron chi connectivity index (χ1n) is 25.9. The summed E-state index contributed by atoms with van der Waals surface area (Å²) < 4.78 is 7.70. The molecule has 0 aliphatic carbocycles. The molecule has 0 N–H and O–H groups in total. The molecular weight excluding hydrogens is 1010 g/mol. The molecule has 0 aliphatic heterocycles. The second kappa shape index (κ2) is 20.5. The standard InChI is InChI=1S/C71H46GeN6/c73-47-49-19-16-25-53(41-49)56-35-38-66-63(44-56)64-45-57(54-26-17-20-50(42-54)48-74)36-39-67(64)78(66)68-40-37-58(46-65(68)71-76-69(51-21-6-1-7-22-51)75-70(77-71)52-23-8-2-9-24-52)55-27-18-34-62(43-55)72(59-28-10-3-11-29-59,60-30-12-4-13-31-60)61-32-14-5-15-33-61/h1-46H. The van der Waals surface area contributed by atoms with Crippen LogP contribution in [0.2, 0.25) is 0 Å². The smallest absolute Gasteiger partial charge is 0.0365 e. The van der Waals surface area contributed by atoms with Crippen LogP contribution in [0.1, 0.15) is 11.1 Å². The fourth-order valence-electron chi connectivity index (χ4n) is 11.2. The summed E-state index contributed by atoms with van der Waals surface area (Å²) >= 11 is -3.67. The van der Waals surface area contributed by atoms with Crippen molar-refractivity contribution in [3.05, 3.63) is 290 Å². The molecule has 2 aromatic heterocycles. The number of hydrogen-bond acceptors (Lipinski definition) is 5. The van der Waals surface area contributed by atoms with Crippen LogP contribution in [0.25, 0.3) is 95.0 Å². The predicted octanol–water partition coefficient (Wildman–Crippen LogP) is 14.1. The van der Waals surface area contributed by atoms with E-state index >= 15 is 0 Å². The SMILES string of the molecule is N#Cc1cccc(-c2ccc3c(c2)c2cc(-c4cccc(C#N)c4)ccc2n3-c2ccc(-c3ccc[c]([Ge]([c]4ccccc4)([c]4ccccc4)[c]4ccccc4)c3)cc2-c2nc(-c3ccccc3)nc(-c3ccccc3)n2)c1. The van der Waals surface area contributed by atoms with Gasteiger partial charge in [-0.05, 0) is 35.4 Å². The van der Waals surface area contributed by atoms with Crippen LogP contribution in [0.4, 0.5) is 0 Å². The maximum atomic E-state index is 9.91. The van der Waals surface area contributed by atoms with Crippen LogP contribution in [-0.2, 0) is 0 Å². The Hall–Kier alpha value is -10.2. The van der Waals surface area contributed by atoms with E-state index in [4.69, 9.17) is 15.0 Å². The van der Waals surface area contributed by atoms with Crippen molar-refractivity contribution >= 4 is 52.7 Å². The van der Waals surface area contributed by atoms with Crippen LogP contribution in [0.15, 0.2) is 279 Å². The predicted molar refractivity (Wildman–Crippen MR) is 320 cm³/mol. The van der Waals surface area contributed by atoms with Crippen molar-refractivity contribution in [2.45, 2.75) is 0 Å². The van der Waals surface area contributed by atoms with Gasteiger partial charge in [0.05, 0.1) is 23.3 Å². The molecule has 0 radical (unpaired) electrons. The topological polar surface area (TPSA) is 91.2 Å². The minimum atomic E-state index is -3.67. The van der Waals surface area contributed by atoms with Gasteiger partial charge in [-0.3, -0.25) is 0 Å². The molecule has 0 atom stereocenters. The number of fused-ring (bicyclic) bond motifs is 3. The minimum absolute atomic E-state index is 0.533. The van der Waals surface area contributed by atoms with Crippen LogP contribution in [0, 0.1) is 22.7 Å². The molecule has 13 aromatic rings. The zero-order chi connectivity index (χ0) is 52.4. The first kappa shape index (κ1) is 47.5. The average molecular weight is 1060 g/mol. The summed E-state index contributed by atoms with van der Waals surface area (Å²) in [5, 5.41) is 21.9. The number of hydrogen-bond donors (Lipinski definition) is 0. The Morgan fingerprint density at radius 2 is 0.654 bits per heavy atom. The van der Waals surface area contributed by atoms with Crippen molar-refractivity contribution in [3.8, 4) is 85.4 Å². The van der Waals surface area contributed by atoms with Gasteiger partial charge in [-0.25, -0.2) is 0 Å². The summed E-state index contributed by atoms with van der Waals surface area (Å²) in [4.78, 5) is 15.9. The number of rotatable bonds is 11. The zero-order valence-electron chi connectivity index (χ0n) is 42.2. The molecule has 2 heterocycles. The van der Waals surface area contributed by atoms with E-state index in [9.17, 15) is 10.5 Å². The molecular formula is C71H46GeN6. The fourth-order valence-corrected chi connectivity index (χ4v) is 21.3. The first-order valence-corrected chi connectivity index (χ1v) is 30.1. The van der Waals surface area contributed by atoms with E-state index in [0.717, 1.165) is 77.6 Å². The molecule has 0 unspecified atom stereocenters. The van der Waals surface area contributed by atoms with Gasteiger partial charge in [-0.15, -0.1) is 0 Å². The van der Waals surface area contributed by atoms with Crippen molar-refractivity contribution in [2.24, 2.45) is 0 Å². The van der Waals surface area contributed by atoms with Gasteiger partial charge in [0.15, 0.2) is 0 Å². The average Bonchev–Trinajstić information content (AvgIpc) is 3.95. The maximum Gasteiger partial charge on any atom is -0.0365 e. The monoisotopic (exact) mass is 1060 g/mol. The molecule has 13 rings (SSSR count). The van der Waals surface area contributed by atoms with Crippen molar-refractivity contribution in [1.82, 2.24) is 19.5 Å². The Morgan fingerprint density at radius 3 is 1.12 bits per heavy atom. The molecule has 0 spiro atoms. The third-order valence-corrected chi connectivity index (χ3v) is 24.9. The van der Waals surface area contributed by atoms with Gasteiger partial charge in [0.25, 0.3) is 0 Å².